The number of rotatable bonds is 5. The van der Waals surface area contributed by atoms with Crippen LogP contribution in [0.2, 0.25) is 0 Å². The number of aromatic carboxylic acids is 1. The Morgan fingerprint density at radius 2 is 1.84 bits per heavy atom. The molecule has 6 nitrogen and oxygen atoms in total. The second-order valence-corrected chi connectivity index (χ2v) is 9.58. The lowest BCUT2D eigenvalue weighted by Gasteiger charge is -2.19. The van der Waals surface area contributed by atoms with Crippen molar-refractivity contribution < 1.29 is 14.7 Å². The van der Waals surface area contributed by atoms with E-state index in [1.54, 1.807) is 12.1 Å². The van der Waals surface area contributed by atoms with E-state index in [-0.39, 0.29) is 16.9 Å². The molecule has 3 aromatic rings. The highest BCUT2D eigenvalue weighted by Gasteiger charge is 2.24. The zero-order valence-electron chi connectivity index (χ0n) is 18.3. The number of nitrogens with zero attached hydrogens (tertiary/aromatic N) is 2. The molecule has 0 unspecified atom stereocenters. The molecular formula is C25H29N3O3. The van der Waals surface area contributed by atoms with Crippen molar-refractivity contribution in [3.8, 4) is 11.4 Å². The first-order valence-electron chi connectivity index (χ1n) is 10.9. The van der Waals surface area contributed by atoms with Crippen LogP contribution in [0.3, 0.4) is 0 Å². The highest BCUT2D eigenvalue weighted by atomic mass is 16.4. The standard InChI is InChI=1S/C25H29N3O3/c1-25(2,3)15-26-23(29)17-8-6-7-16(13-17)22-27-20-14-18(24(30)31)11-12-21(20)28(22)19-9-4-5-10-19/h6-8,11-14,19H,4-5,9-10,15H2,1-3H3,(H,26,29)(H,30,31). The van der Waals surface area contributed by atoms with Crippen molar-refractivity contribution in [3.05, 3.63) is 53.6 Å². The van der Waals surface area contributed by atoms with Gasteiger partial charge in [-0.1, -0.05) is 45.7 Å². The summed E-state index contributed by atoms with van der Waals surface area (Å²) in [6.45, 7) is 6.84. The molecule has 1 aliphatic rings. The van der Waals surface area contributed by atoms with Crippen molar-refractivity contribution in [1.82, 2.24) is 14.9 Å². The molecule has 0 aliphatic heterocycles. The van der Waals surface area contributed by atoms with Crippen molar-refractivity contribution in [1.29, 1.82) is 0 Å². The van der Waals surface area contributed by atoms with E-state index in [9.17, 15) is 14.7 Å². The summed E-state index contributed by atoms with van der Waals surface area (Å²) in [5, 5.41) is 12.4. The molecule has 4 rings (SSSR count). The predicted molar refractivity (Wildman–Crippen MR) is 121 cm³/mol. The molecule has 0 spiro atoms. The second-order valence-electron chi connectivity index (χ2n) is 9.58. The van der Waals surface area contributed by atoms with Crippen LogP contribution < -0.4 is 5.32 Å². The number of carbonyl (C=O) groups excluding carboxylic acids is 1. The number of amides is 1. The molecule has 1 amide bonds. The Bertz CT molecular complexity index is 1130. The van der Waals surface area contributed by atoms with Gasteiger partial charge in [-0.2, -0.15) is 0 Å². The fraction of sp³-hybridized carbons (Fsp3) is 0.400. The molecular weight excluding hydrogens is 390 g/mol. The van der Waals surface area contributed by atoms with Gasteiger partial charge in [-0.25, -0.2) is 9.78 Å². The highest BCUT2D eigenvalue weighted by molar-refractivity contribution is 5.96. The van der Waals surface area contributed by atoms with Gasteiger partial charge in [0.2, 0.25) is 0 Å². The number of aromatic nitrogens is 2. The number of hydrogen-bond donors (Lipinski definition) is 2. The molecule has 2 N–H and O–H groups in total. The zero-order valence-corrected chi connectivity index (χ0v) is 18.3. The van der Waals surface area contributed by atoms with Gasteiger partial charge in [0.1, 0.15) is 5.82 Å². The third-order valence-electron chi connectivity index (χ3n) is 5.79. The van der Waals surface area contributed by atoms with Crippen molar-refractivity contribution in [3.63, 3.8) is 0 Å². The SMILES string of the molecule is CC(C)(C)CNC(=O)c1cccc(-c2nc3cc(C(=O)O)ccc3n2C2CCCC2)c1. The summed E-state index contributed by atoms with van der Waals surface area (Å²) in [5.41, 5.74) is 3.30. The molecule has 6 heteroatoms. The summed E-state index contributed by atoms with van der Waals surface area (Å²) in [5.74, 6) is -0.278. The van der Waals surface area contributed by atoms with Crippen LogP contribution in [0.1, 0.15) is 73.2 Å². The summed E-state index contributed by atoms with van der Waals surface area (Å²) in [6, 6.07) is 13.0. The Morgan fingerprint density at radius 1 is 1.10 bits per heavy atom. The molecule has 0 radical (unpaired) electrons. The first-order valence-corrected chi connectivity index (χ1v) is 10.9. The van der Waals surface area contributed by atoms with Crippen molar-refractivity contribution >= 4 is 22.9 Å². The van der Waals surface area contributed by atoms with Crippen molar-refractivity contribution in [2.75, 3.05) is 6.54 Å². The quantitative estimate of drug-likeness (QED) is 0.588. The molecule has 31 heavy (non-hydrogen) atoms. The summed E-state index contributed by atoms with van der Waals surface area (Å²) in [6.07, 6.45) is 4.49. The van der Waals surface area contributed by atoms with E-state index in [0.717, 1.165) is 29.7 Å². The third kappa shape index (κ3) is 4.48. The van der Waals surface area contributed by atoms with E-state index in [1.165, 1.54) is 12.8 Å². The van der Waals surface area contributed by atoms with Crippen molar-refractivity contribution in [2.45, 2.75) is 52.5 Å². The topological polar surface area (TPSA) is 84.2 Å². The summed E-state index contributed by atoms with van der Waals surface area (Å²) >= 11 is 0. The first kappa shape index (κ1) is 21.1. The maximum absolute atomic E-state index is 12.7. The van der Waals surface area contributed by atoms with Crippen LogP contribution in [0.15, 0.2) is 42.5 Å². The van der Waals surface area contributed by atoms with Crippen molar-refractivity contribution in [2.24, 2.45) is 5.41 Å². The zero-order chi connectivity index (χ0) is 22.2. The molecule has 0 atom stereocenters. The highest BCUT2D eigenvalue weighted by Crippen LogP contribution is 2.37. The van der Waals surface area contributed by atoms with Gasteiger partial charge in [0, 0.05) is 23.7 Å². The van der Waals surface area contributed by atoms with E-state index in [2.05, 4.69) is 30.7 Å². The Labute approximate surface area is 182 Å². The number of carboxylic acids is 1. The normalized spacial score (nSPS) is 14.8. The lowest BCUT2D eigenvalue weighted by molar-refractivity contribution is 0.0696. The number of fused-ring (bicyclic) bond motifs is 1. The van der Waals surface area contributed by atoms with Crippen LogP contribution in [0.5, 0.6) is 0 Å². The smallest absolute Gasteiger partial charge is 0.335 e. The molecule has 1 fully saturated rings. The van der Waals surface area contributed by atoms with Gasteiger partial charge in [0.05, 0.1) is 16.6 Å². The van der Waals surface area contributed by atoms with Gasteiger partial charge >= 0.3 is 5.97 Å². The van der Waals surface area contributed by atoms with E-state index in [0.29, 0.717) is 23.7 Å². The maximum atomic E-state index is 12.7. The van der Waals surface area contributed by atoms with Gasteiger partial charge in [-0.15, -0.1) is 0 Å². The van der Waals surface area contributed by atoms with Gasteiger partial charge < -0.3 is 15.0 Å². The van der Waals surface area contributed by atoms with Crippen LogP contribution in [-0.2, 0) is 0 Å². The number of imidazole rings is 1. The number of nitrogens with one attached hydrogen (secondary N) is 1. The lowest BCUT2D eigenvalue weighted by Crippen LogP contribution is -2.32. The first-order chi connectivity index (χ1) is 14.7. The van der Waals surface area contributed by atoms with E-state index >= 15 is 0 Å². The Balaban J connectivity index is 1.77. The minimum absolute atomic E-state index is 0.00553. The van der Waals surface area contributed by atoms with Crippen LogP contribution in [-0.4, -0.2) is 33.1 Å². The second kappa shape index (κ2) is 8.17. The van der Waals surface area contributed by atoms with Gasteiger partial charge in [0.25, 0.3) is 5.91 Å². The molecule has 1 heterocycles. The molecule has 0 saturated heterocycles. The molecule has 1 aromatic heterocycles. The average molecular weight is 420 g/mol. The Morgan fingerprint density at radius 3 is 2.52 bits per heavy atom. The summed E-state index contributed by atoms with van der Waals surface area (Å²) in [7, 11) is 0. The largest absolute Gasteiger partial charge is 0.478 e. The van der Waals surface area contributed by atoms with E-state index in [1.807, 2.05) is 30.3 Å². The fourth-order valence-corrected chi connectivity index (χ4v) is 4.21. The number of benzene rings is 2. The van der Waals surface area contributed by atoms with Crippen LogP contribution in [0.25, 0.3) is 22.4 Å². The van der Waals surface area contributed by atoms with Gasteiger partial charge in [-0.3, -0.25) is 4.79 Å². The number of carbonyl (C=O) groups is 2. The molecule has 1 saturated carbocycles. The average Bonchev–Trinajstić information content (AvgIpc) is 3.38. The minimum Gasteiger partial charge on any atom is -0.478 e. The monoisotopic (exact) mass is 419 g/mol. The van der Waals surface area contributed by atoms with E-state index < -0.39 is 5.97 Å². The maximum Gasteiger partial charge on any atom is 0.335 e. The van der Waals surface area contributed by atoms with Gasteiger partial charge in [0.15, 0.2) is 0 Å². The Hall–Kier alpha value is -3.15. The van der Waals surface area contributed by atoms with E-state index in [4.69, 9.17) is 4.98 Å². The summed E-state index contributed by atoms with van der Waals surface area (Å²) in [4.78, 5) is 29.0. The van der Waals surface area contributed by atoms with Gasteiger partial charge in [-0.05, 0) is 48.6 Å². The predicted octanol–water partition coefficient (Wildman–Crippen LogP) is 5.29. The molecule has 1 aliphatic carbocycles. The molecule has 2 aromatic carbocycles. The lowest BCUT2D eigenvalue weighted by atomic mass is 9.97. The Kier molecular flexibility index (Phi) is 5.56. The molecule has 0 bridgehead atoms. The van der Waals surface area contributed by atoms with Crippen LogP contribution >= 0.6 is 0 Å². The number of hydrogen-bond acceptors (Lipinski definition) is 3. The van der Waals surface area contributed by atoms with Crippen LogP contribution in [0, 0.1) is 5.41 Å². The third-order valence-corrected chi connectivity index (χ3v) is 5.79. The molecule has 162 valence electrons. The number of carboxylic acid groups (broad SMARTS) is 1. The summed E-state index contributed by atoms with van der Waals surface area (Å²) < 4.78 is 2.24. The van der Waals surface area contributed by atoms with Crippen LogP contribution in [0.4, 0.5) is 0 Å². The fourth-order valence-electron chi connectivity index (χ4n) is 4.21. The minimum atomic E-state index is -0.962.